The number of anilines is 1. The smallest absolute Gasteiger partial charge is 0.335 e. The Kier molecular flexibility index (Phi) is 3.81. The number of aromatic carboxylic acids is 1. The summed E-state index contributed by atoms with van der Waals surface area (Å²) >= 11 is 5.02. The summed E-state index contributed by atoms with van der Waals surface area (Å²) in [7, 11) is 0. The van der Waals surface area contributed by atoms with Crippen LogP contribution in [0, 0.1) is 0 Å². The molecule has 0 aliphatic rings. The van der Waals surface area contributed by atoms with E-state index in [0.29, 0.717) is 12.1 Å². The van der Waals surface area contributed by atoms with Gasteiger partial charge in [-0.15, -0.1) is 11.3 Å². The van der Waals surface area contributed by atoms with Gasteiger partial charge in [0, 0.05) is 6.54 Å². The molecular formula is C12H10BrNO2S. The highest BCUT2D eigenvalue weighted by Crippen LogP contribution is 2.26. The number of nitrogens with one attached hydrogen (secondary N) is 1. The fourth-order valence-electron chi connectivity index (χ4n) is 1.36. The molecular weight excluding hydrogens is 302 g/mol. The van der Waals surface area contributed by atoms with Gasteiger partial charge in [0.2, 0.25) is 0 Å². The number of hydrogen-bond acceptors (Lipinski definition) is 3. The first kappa shape index (κ1) is 12.1. The van der Waals surface area contributed by atoms with E-state index in [1.165, 1.54) is 0 Å². The Balaban J connectivity index is 1.97. The molecule has 17 heavy (non-hydrogen) atoms. The molecule has 1 heterocycles. The van der Waals surface area contributed by atoms with Gasteiger partial charge in [0.25, 0.3) is 0 Å². The molecule has 2 aromatic rings. The van der Waals surface area contributed by atoms with Gasteiger partial charge in [-0.2, -0.15) is 0 Å². The molecule has 0 fully saturated rings. The normalized spacial score (nSPS) is 10.2. The predicted molar refractivity (Wildman–Crippen MR) is 72.7 cm³/mol. The van der Waals surface area contributed by atoms with Gasteiger partial charge in [-0.3, -0.25) is 0 Å². The molecule has 2 N–H and O–H groups in total. The molecule has 88 valence electrons. The van der Waals surface area contributed by atoms with E-state index in [9.17, 15) is 4.79 Å². The van der Waals surface area contributed by atoms with Crippen molar-refractivity contribution in [2.45, 2.75) is 6.54 Å². The standard InChI is InChI=1S/C12H10BrNO2S/c13-10-5-6-11(17-10)14-7-8-1-3-9(4-2-8)12(15)16/h1-6,14H,7H2,(H,15,16). The fraction of sp³-hybridized carbons (Fsp3) is 0.0833. The maximum atomic E-state index is 10.7. The molecule has 0 saturated carbocycles. The van der Waals surface area contributed by atoms with E-state index in [4.69, 9.17) is 5.11 Å². The summed E-state index contributed by atoms with van der Waals surface area (Å²) in [6.45, 7) is 0.687. The Labute approximate surface area is 111 Å². The molecule has 5 heteroatoms. The lowest BCUT2D eigenvalue weighted by Gasteiger charge is -2.04. The summed E-state index contributed by atoms with van der Waals surface area (Å²) in [6, 6.07) is 10.9. The van der Waals surface area contributed by atoms with Crippen LogP contribution in [0.25, 0.3) is 0 Å². The summed E-state index contributed by atoms with van der Waals surface area (Å²) in [5, 5.41) is 13.1. The molecule has 0 aliphatic carbocycles. The number of rotatable bonds is 4. The van der Waals surface area contributed by atoms with E-state index in [2.05, 4.69) is 21.2 Å². The van der Waals surface area contributed by atoms with Gasteiger partial charge in [-0.05, 0) is 45.8 Å². The topological polar surface area (TPSA) is 49.3 Å². The Morgan fingerprint density at radius 1 is 1.24 bits per heavy atom. The molecule has 0 atom stereocenters. The Morgan fingerprint density at radius 3 is 2.47 bits per heavy atom. The SMILES string of the molecule is O=C(O)c1ccc(CNc2ccc(Br)s2)cc1. The van der Waals surface area contributed by atoms with E-state index in [1.54, 1.807) is 23.5 Å². The zero-order valence-corrected chi connectivity index (χ0v) is 11.2. The third-order valence-corrected chi connectivity index (χ3v) is 3.82. The van der Waals surface area contributed by atoms with Crippen LogP contribution in [0.15, 0.2) is 40.2 Å². The number of thiophene rings is 1. The van der Waals surface area contributed by atoms with Crippen molar-refractivity contribution in [1.29, 1.82) is 0 Å². The number of benzene rings is 1. The maximum Gasteiger partial charge on any atom is 0.335 e. The van der Waals surface area contributed by atoms with Gasteiger partial charge in [0.15, 0.2) is 0 Å². The van der Waals surface area contributed by atoms with E-state index in [-0.39, 0.29) is 0 Å². The zero-order chi connectivity index (χ0) is 12.3. The van der Waals surface area contributed by atoms with E-state index in [1.807, 2.05) is 24.3 Å². The second kappa shape index (κ2) is 5.33. The van der Waals surface area contributed by atoms with Crippen molar-refractivity contribution in [2.24, 2.45) is 0 Å². The van der Waals surface area contributed by atoms with Gasteiger partial charge in [0.1, 0.15) is 0 Å². The second-order valence-electron chi connectivity index (χ2n) is 3.46. The molecule has 1 aromatic heterocycles. The summed E-state index contributed by atoms with van der Waals surface area (Å²) in [5.41, 5.74) is 1.37. The van der Waals surface area contributed by atoms with Crippen molar-refractivity contribution >= 4 is 38.2 Å². The molecule has 0 aliphatic heterocycles. The Morgan fingerprint density at radius 2 is 1.94 bits per heavy atom. The molecule has 0 spiro atoms. The van der Waals surface area contributed by atoms with Crippen LogP contribution in [-0.2, 0) is 6.54 Å². The number of carboxylic acids is 1. The van der Waals surface area contributed by atoms with E-state index in [0.717, 1.165) is 14.4 Å². The first-order chi connectivity index (χ1) is 8.15. The highest BCUT2D eigenvalue weighted by Gasteiger charge is 2.02. The number of halogens is 1. The van der Waals surface area contributed by atoms with Crippen LogP contribution >= 0.6 is 27.3 Å². The van der Waals surface area contributed by atoms with Crippen molar-refractivity contribution in [3.8, 4) is 0 Å². The van der Waals surface area contributed by atoms with Crippen LogP contribution in [0.1, 0.15) is 15.9 Å². The lowest BCUT2D eigenvalue weighted by atomic mass is 10.1. The third-order valence-electron chi connectivity index (χ3n) is 2.24. The van der Waals surface area contributed by atoms with Crippen molar-refractivity contribution < 1.29 is 9.90 Å². The quantitative estimate of drug-likeness (QED) is 0.902. The van der Waals surface area contributed by atoms with Crippen LogP contribution in [-0.4, -0.2) is 11.1 Å². The molecule has 0 unspecified atom stereocenters. The summed E-state index contributed by atoms with van der Waals surface area (Å²) < 4.78 is 1.08. The summed E-state index contributed by atoms with van der Waals surface area (Å²) in [5.74, 6) is -0.897. The van der Waals surface area contributed by atoms with Gasteiger partial charge in [0.05, 0.1) is 14.4 Å². The van der Waals surface area contributed by atoms with Crippen molar-refractivity contribution in [3.63, 3.8) is 0 Å². The predicted octanol–water partition coefficient (Wildman–Crippen LogP) is 3.82. The average Bonchev–Trinajstić information content (AvgIpc) is 2.73. The first-order valence-corrected chi connectivity index (χ1v) is 6.57. The van der Waals surface area contributed by atoms with Crippen molar-refractivity contribution in [2.75, 3.05) is 5.32 Å². The number of carbonyl (C=O) groups is 1. The van der Waals surface area contributed by atoms with E-state index < -0.39 is 5.97 Å². The fourth-order valence-corrected chi connectivity index (χ4v) is 2.65. The monoisotopic (exact) mass is 311 g/mol. The van der Waals surface area contributed by atoms with Crippen LogP contribution < -0.4 is 5.32 Å². The molecule has 0 saturated heterocycles. The van der Waals surface area contributed by atoms with Crippen molar-refractivity contribution in [3.05, 3.63) is 51.3 Å². The first-order valence-electron chi connectivity index (χ1n) is 4.96. The third kappa shape index (κ3) is 3.31. The van der Waals surface area contributed by atoms with Crippen LogP contribution in [0.5, 0.6) is 0 Å². The minimum Gasteiger partial charge on any atom is -0.478 e. The molecule has 0 radical (unpaired) electrons. The summed E-state index contributed by atoms with van der Waals surface area (Å²) in [6.07, 6.45) is 0. The lowest BCUT2D eigenvalue weighted by molar-refractivity contribution is 0.0697. The second-order valence-corrected chi connectivity index (χ2v) is 5.92. The maximum absolute atomic E-state index is 10.7. The van der Waals surface area contributed by atoms with Gasteiger partial charge < -0.3 is 10.4 Å². The minimum atomic E-state index is -0.897. The Bertz CT molecular complexity index is 522. The lowest BCUT2D eigenvalue weighted by Crippen LogP contribution is -1.99. The van der Waals surface area contributed by atoms with Gasteiger partial charge in [-0.25, -0.2) is 4.79 Å². The summed E-state index contributed by atoms with van der Waals surface area (Å²) in [4.78, 5) is 10.7. The molecule has 1 aromatic carbocycles. The van der Waals surface area contributed by atoms with Gasteiger partial charge in [-0.1, -0.05) is 12.1 Å². The molecule has 0 bridgehead atoms. The average molecular weight is 312 g/mol. The van der Waals surface area contributed by atoms with Crippen LogP contribution in [0.3, 0.4) is 0 Å². The van der Waals surface area contributed by atoms with Crippen LogP contribution in [0.4, 0.5) is 5.00 Å². The molecule has 2 rings (SSSR count). The Hall–Kier alpha value is -1.33. The molecule has 0 amide bonds. The highest BCUT2D eigenvalue weighted by atomic mass is 79.9. The number of carboxylic acid groups (broad SMARTS) is 1. The largest absolute Gasteiger partial charge is 0.478 e. The van der Waals surface area contributed by atoms with Crippen LogP contribution in [0.2, 0.25) is 0 Å². The van der Waals surface area contributed by atoms with E-state index >= 15 is 0 Å². The van der Waals surface area contributed by atoms with Gasteiger partial charge >= 0.3 is 5.97 Å². The minimum absolute atomic E-state index is 0.313. The van der Waals surface area contributed by atoms with Crippen molar-refractivity contribution in [1.82, 2.24) is 0 Å². The molecule has 3 nitrogen and oxygen atoms in total. The highest BCUT2D eigenvalue weighted by molar-refractivity contribution is 9.11. The zero-order valence-electron chi connectivity index (χ0n) is 8.81. The number of hydrogen-bond donors (Lipinski definition) is 2.